The van der Waals surface area contributed by atoms with Gasteiger partial charge in [0.25, 0.3) is 0 Å². The molecule has 0 saturated heterocycles. The zero-order valence-electron chi connectivity index (χ0n) is 16.6. The molecule has 25 heavy (non-hydrogen) atoms. The van der Waals surface area contributed by atoms with E-state index in [-0.39, 0.29) is 22.7 Å². The fourth-order valence-corrected chi connectivity index (χ4v) is 7.20. The number of carbonyl (C=O) groups excluding carboxylic acids is 1. The number of primary amides is 1. The molecular formula is C23H35NO. The number of amides is 1. The maximum absolute atomic E-state index is 13.2. The molecule has 0 radical (unpaired) electrons. The molecule has 2 aliphatic rings. The summed E-state index contributed by atoms with van der Waals surface area (Å²) in [5, 5.41) is 0. The Balaban J connectivity index is 2.20. The van der Waals surface area contributed by atoms with E-state index in [0.29, 0.717) is 11.8 Å². The second-order valence-electron chi connectivity index (χ2n) is 9.66. The molecule has 5 atom stereocenters. The molecule has 2 N–H and O–H groups in total. The van der Waals surface area contributed by atoms with Crippen LogP contribution in [0.3, 0.4) is 0 Å². The molecule has 1 aromatic rings. The van der Waals surface area contributed by atoms with E-state index in [4.69, 9.17) is 5.73 Å². The predicted octanol–water partition coefficient (Wildman–Crippen LogP) is 5.52. The van der Waals surface area contributed by atoms with Crippen molar-refractivity contribution in [1.82, 2.24) is 0 Å². The Labute approximate surface area is 153 Å². The van der Waals surface area contributed by atoms with Gasteiger partial charge in [0, 0.05) is 0 Å². The lowest BCUT2D eigenvalue weighted by molar-refractivity contribution is -0.180. The molecule has 3 rings (SSSR count). The fourth-order valence-electron chi connectivity index (χ4n) is 7.20. The summed E-state index contributed by atoms with van der Waals surface area (Å²) in [7, 11) is 0. The first-order chi connectivity index (χ1) is 11.7. The van der Waals surface area contributed by atoms with Crippen LogP contribution in [0.2, 0.25) is 0 Å². The van der Waals surface area contributed by atoms with Crippen molar-refractivity contribution in [2.24, 2.45) is 33.8 Å². The molecule has 0 heterocycles. The van der Waals surface area contributed by atoms with E-state index in [9.17, 15) is 4.79 Å². The van der Waals surface area contributed by atoms with Gasteiger partial charge in [-0.05, 0) is 59.8 Å². The minimum atomic E-state index is -0.477. The zero-order chi connectivity index (χ0) is 18.5. The first-order valence-electron chi connectivity index (χ1n) is 10.0. The average Bonchev–Trinajstić information content (AvgIpc) is 2.54. The molecule has 0 aliphatic heterocycles. The second kappa shape index (κ2) is 6.14. The van der Waals surface area contributed by atoms with Crippen molar-refractivity contribution in [3.05, 3.63) is 35.9 Å². The highest BCUT2D eigenvalue weighted by Gasteiger charge is 2.66. The Hall–Kier alpha value is -1.31. The van der Waals surface area contributed by atoms with Gasteiger partial charge in [-0.1, -0.05) is 71.4 Å². The summed E-state index contributed by atoms with van der Waals surface area (Å²) in [6, 6.07) is 10.6. The first kappa shape index (κ1) is 18.5. The number of benzene rings is 1. The number of rotatable bonds is 3. The van der Waals surface area contributed by atoms with E-state index in [0.717, 1.165) is 12.8 Å². The smallest absolute Gasteiger partial charge is 0.225 e. The number of hydrogen-bond acceptors (Lipinski definition) is 1. The Kier molecular flexibility index (Phi) is 4.54. The summed E-state index contributed by atoms with van der Waals surface area (Å²) in [5.74, 6) is 0.933. The summed E-state index contributed by atoms with van der Waals surface area (Å²) in [4.78, 5) is 13.2. The molecule has 0 bridgehead atoms. The maximum atomic E-state index is 13.2. The lowest BCUT2D eigenvalue weighted by Gasteiger charge is -2.65. The van der Waals surface area contributed by atoms with E-state index < -0.39 is 5.41 Å². The van der Waals surface area contributed by atoms with Crippen LogP contribution in [0.1, 0.15) is 78.2 Å². The van der Waals surface area contributed by atoms with Crippen LogP contribution in [-0.4, -0.2) is 5.91 Å². The quantitative estimate of drug-likeness (QED) is 0.772. The van der Waals surface area contributed by atoms with Gasteiger partial charge in [-0.3, -0.25) is 4.79 Å². The average molecular weight is 342 g/mol. The van der Waals surface area contributed by atoms with E-state index in [1.54, 1.807) is 0 Å². The number of hydrogen-bond donors (Lipinski definition) is 1. The van der Waals surface area contributed by atoms with Gasteiger partial charge in [-0.15, -0.1) is 0 Å². The summed E-state index contributed by atoms with van der Waals surface area (Å²) in [6.45, 7) is 11.7. The maximum Gasteiger partial charge on any atom is 0.225 e. The van der Waals surface area contributed by atoms with Crippen molar-refractivity contribution in [3.63, 3.8) is 0 Å². The van der Waals surface area contributed by atoms with E-state index >= 15 is 0 Å². The molecular weight excluding hydrogens is 306 g/mol. The number of carbonyl (C=O) groups is 1. The predicted molar refractivity (Wildman–Crippen MR) is 104 cm³/mol. The van der Waals surface area contributed by atoms with Gasteiger partial charge < -0.3 is 5.73 Å². The minimum absolute atomic E-state index is 0.0342. The Morgan fingerprint density at radius 3 is 2.36 bits per heavy atom. The van der Waals surface area contributed by atoms with E-state index in [1.165, 1.54) is 24.8 Å². The van der Waals surface area contributed by atoms with Crippen molar-refractivity contribution in [2.45, 2.75) is 72.6 Å². The zero-order valence-corrected chi connectivity index (χ0v) is 16.6. The minimum Gasteiger partial charge on any atom is -0.369 e. The lowest BCUT2D eigenvalue weighted by atomic mass is 9.38. The molecule has 2 fully saturated rings. The normalized spacial score (nSPS) is 38.6. The molecule has 138 valence electrons. The van der Waals surface area contributed by atoms with Crippen LogP contribution in [0.5, 0.6) is 0 Å². The van der Waals surface area contributed by atoms with Gasteiger partial charge in [-0.25, -0.2) is 0 Å². The van der Waals surface area contributed by atoms with Gasteiger partial charge in [0.2, 0.25) is 5.91 Å². The first-order valence-corrected chi connectivity index (χ1v) is 10.0. The van der Waals surface area contributed by atoms with Crippen molar-refractivity contribution < 1.29 is 4.79 Å². The molecule has 1 aromatic carbocycles. The third-order valence-corrected chi connectivity index (χ3v) is 8.23. The fraction of sp³-hybridized carbons (Fsp3) is 0.696. The van der Waals surface area contributed by atoms with Crippen molar-refractivity contribution in [3.8, 4) is 0 Å². The number of fused-ring (bicyclic) bond motifs is 1. The van der Waals surface area contributed by atoms with Gasteiger partial charge in [-0.2, -0.15) is 0 Å². The van der Waals surface area contributed by atoms with Gasteiger partial charge in [0.15, 0.2) is 0 Å². The van der Waals surface area contributed by atoms with Crippen molar-refractivity contribution in [1.29, 1.82) is 0 Å². The van der Waals surface area contributed by atoms with Gasteiger partial charge >= 0.3 is 0 Å². The monoisotopic (exact) mass is 341 g/mol. The lowest BCUT2D eigenvalue weighted by Crippen LogP contribution is -2.64. The summed E-state index contributed by atoms with van der Waals surface area (Å²) in [5.41, 5.74) is 7.29. The van der Waals surface area contributed by atoms with Gasteiger partial charge in [0.05, 0.1) is 5.41 Å². The number of nitrogens with two attached hydrogens (primary N) is 1. The van der Waals surface area contributed by atoms with Gasteiger partial charge in [0.1, 0.15) is 0 Å². The van der Waals surface area contributed by atoms with Crippen LogP contribution in [0.25, 0.3) is 0 Å². The summed E-state index contributed by atoms with van der Waals surface area (Å²) < 4.78 is 0. The third kappa shape index (κ3) is 2.47. The van der Waals surface area contributed by atoms with Crippen molar-refractivity contribution in [2.75, 3.05) is 0 Å². The SMILES string of the molecule is CC1CCC2C(C)(C)CCCC2(C)C1(C(N)=O)C(C)c1ccccc1. The van der Waals surface area contributed by atoms with Crippen LogP contribution in [-0.2, 0) is 4.79 Å². The van der Waals surface area contributed by atoms with Crippen LogP contribution >= 0.6 is 0 Å². The molecule has 2 heteroatoms. The topological polar surface area (TPSA) is 43.1 Å². The molecule has 2 saturated carbocycles. The Bertz CT molecular complexity index is 637. The molecule has 1 amide bonds. The molecule has 2 nitrogen and oxygen atoms in total. The highest BCUT2D eigenvalue weighted by atomic mass is 16.1. The van der Waals surface area contributed by atoms with Crippen LogP contribution < -0.4 is 5.73 Å². The van der Waals surface area contributed by atoms with E-state index in [1.807, 2.05) is 6.07 Å². The highest BCUT2D eigenvalue weighted by Crippen LogP contribution is 2.69. The Morgan fingerprint density at radius 1 is 1.12 bits per heavy atom. The van der Waals surface area contributed by atoms with Crippen LogP contribution in [0, 0.1) is 28.1 Å². The van der Waals surface area contributed by atoms with E-state index in [2.05, 4.69) is 58.9 Å². The Morgan fingerprint density at radius 2 is 1.76 bits per heavy atom. The highest BCUT2D eigenvalue weighted by molar-refractivity contribution is 5.84. The standard InChI is InChI=1S/C23H35NO/c1-16-12-13-19-21(3,4)14-9-15-22(19,5)23(16,20(24)25)17(2)18-10-7-6-8-11-18/h6-8,10-11,16-17,19H,9,12-15H2,1-5H3,(H2,24,25). The van der Waals surface area contributed by atoms with Crippen LogP contribution in [0.4, 0.5) is 0 Å². The molecule has 0 spiro atoms. The summed E-state index contributed by atoms with van der Waals surface area (Å²) in [6.07, 6.45) is 5.90. The van der Waals surface area contributed by atoms with Crippen molar-refractivity contribution >= 4 is 5.91 Å². The largest absolute Gasteiger partial charge is 0.369 e. The second-order valence-corrected chi connectivity index (χ2v) is 9.66. The molecule has 2 aliphatic carbocycles. The van der Waals surface area contributed by atoms with Crippen LogP contribution in [0.15, 0.2) is 30.3 Å². The third-order valence-electron chi connectivity index (χ3n) is 8.23. The molecule has 5 unspecified atom stereocenters. The molecule has 0 aromatic heterocycles. The summed E-state index contributed by atoms with van der Waals surface area (Å²) >= 11 is 0.